The lowest BCUT2D eigenvalue weighted by Gasteiger charge is -2.28. The van der Waals surface area contributed by atoms with Crippen LogP contribution >= 0.6 is 11.8 Å². The van der Waals surface area contributed by atoms with Crippen LogP contribution in [0, 0.1) is 17.8 Å². The van der Waals surface area contributed by atoms with E-state index in [1.807, 2.05) is 11.8 Å². The van der Waals surface area contributed by atoms with Gasteiger partial charge in [0.1, 0.15) is 7.05 Å². The molecular formula is C34H37N2S+. The first kappa shape index (κ1) is 24.4. The SMILES string of the molecule is Cc1c2c(c(CC(C)(C)C)c3ccccc13)Sc1cc3cnc(CC(C)(C)C)cc3c3cc[n+](C)c-2c13. The maximum Gasteiger partial charge on any atom is 0.222 e. The molecule has 0 saturated heterocycles. The van der Waals surface area contributed by atoms with E-state index in [-0.39, 0.29) is 10.8 Å². The van der Waals surface area contributed by atoms with Crippen LogP contribution in [0.25, 0.3) is 43.6 Å². The minimum Gasteiger partial charge on any atom is -0.261 e. The van der Waals surface area contributed by atoms with Crippen molar-refractivity contribution in [3.8, 4) is 11.3 Å². The highest BCUT2D eigenvalue weighted by molar-refractivity contribution is 8.00. The number of nitrogens with zero attached hydrogens (tertiary/aromatic N) is 2. The minimum atomic E-state index is 0.192. The predicted molar refractivity (Wildman–Crippen MR) is 159 cm³/mol. The highest BCUT2D eigenvalue weighted by atomic mass is 32.2. The van der Waals surface area contributed by atoms with Crippen LogP contribution in [-0.2, 0) is 19.9 Å². The summed E-state index contributed by atoms with van der Waals surface area (Å²) in [6.45, 7) is 16.2. The maximum absolute atomic E-state index is 4.88. The molecule has 0 fully saturated rings. The van der Waals surface area contributed by atoms with Crippen LogP contribution in [0.15, 0.2) is 64.6 Å². The van der Waals surface area contributed by atoms with Gasteiger partial charge in [0.05, 0.1) is 10.9 Å². The number of hydrogen-bond acceptors (Lipinski definition) is 2. The first-order chi connectivity index (χ1) is 17.4. The van der Waals surface area contributed by atoms with Gasteiger partial charge in [-0.3, -0.25) is 4.98 Å². The standard InChI is InChI=1S/C34H37N2S/c1-20-23-11-9-10-12-24(23)27(18-34(5,6)7)32-29(20)31-30-25(13-14-36(31)8)26-16-22(17-33(2,3)4)35-19-21(26)15-28(30)37-32/h9-16,19H,17-18H2,1-8H3/q+1. The van der Waals surface area contributed by atoms with Crippen LogP contribution in [0.2, 0.25) is 0 Å². The summed E-state index contributed by atoms with van der Waals surface area (Å²) < 4.78 is 2.34. The average Bonchev–Trinajstić information content (AvgIpc) is 2.81. The molecule has 6 rings (SSSR count). The Morgan fingerprint density at radius 3 is 2.24 bits per heavy atom. The maximum atomic E-state index is 4.88. The molecule has 2 nitrogen and oxygen atoms in total. The zero-order chi connectivity index (χ0) is 26.3. The molecule has 5 aromatic rings. The summed E-state index contributed by atoms with van der Waals surface area (Å²) >= 11 is 1.97. The van der Waals surface area contributed by atoms with Crippen LogP contribution in [0.1, 0.15) is 58.4 Å². The van der Waals surface area contributed by atoms with Crippen molar-refractivity contribution >= 4 is 44.1 Å². The van der Waals surface area contributed by atoms with Crippen molar-refractivity contribution in [2.24, 2.45) is 17.9 Å². The molecule has 0 unspecified atom stereocenters. The summed E-state index contributed by atoms with van der Waals surface area (Å²) in [5, 5.41) is 8.02. The van der Waals surface area contributed by atoms with E-state index in [0.717, 1.165) is 12.8 Å². The van der Waals surface area contributed by atoms with Crippen molar-refractivity contribution in [2.45, 2.75) is 71.1 Å². The van der Waals surface area contributed by atoms with Gasteiger partial charge in [0.2, 0.25) is 5.69 Å². The topological polar surface area (TPSA) is 16.8 Å². The van der Waals surface area contributed by atoms with Gasteiger partial charge in [0.15, 0.2) is 6.20 Å². The minimum absolute atomic E-state index is 0.192. The molecule has 0 radical (unpaired) electrons. The number of rotatable bonds is 2. The quantitative estimate of drug-likeness (QED) is 0.172. The van der Waals surface area contributed by atoms with Crippen LogP contribution in [-0.4, -0.2) is 4.98 Å². The lowest BCUT2D eigenvalue weighted by Crippen LogP contribution is -2.32. The fourth-order valence-corrected chi connectivity index (χ4v) is 7.45. The number of pyridine rings is 2. The number of fused-ring (bicyclic) bond motifs is 5. The van der Waals surface area contributed by atoms with Crippen LogP contribution in [0.4, 0.5) is 0 Å². The Hall–Kier alpha value is -2.91. The first-order valence-corrected chi connectivity index (χ1v) is 14.2. The van der Waals surface area contributed by atoms with Crippen molar-refractivity contribution in [3.05, 3.63) is 71.7 Å². The monoisotopic (exact) mass is 505 g/mol. The lowest BCUT2D eigenvalue weighted by atomic mass is 9.83. The third-order valence-corrected chi connectivity index (χ3v) is 8.73. The third-order valence-electron chi connectivity index (χ3n) is 7.54. The second-order valence-electron chi connectivity index (χ2n) is 13.3. The Morgan fingerprint density at radius 2 is 1.54 bits per heavy atom. The van der Waals surface area contributed by atoms with E-state index in [1.54, 1.807) is 0 Å². The summed E-state index contributed by atoms with van der Waals surface area (Å²) in [5.41, 5.74) is 7.18. The van der Waals surface area contributed by atoms with Gasteiger partial charge >= 0.3 is 0 Å². The van der Waals surface area contributed by atoms with Crippen molar-refractivity contribution in [2.75, 3.05) is 0 Å². The van der Waals surface area contributed by atoms with E-state index < -0.39 is 0 Å². The molecule has 0 bridgehead atoms. The summed E-state index contributed by atoms with van der Waals surface area (Å²) in [7, 11) is 2.21. The molecule has 0 amide bonds. The molecule has 3 heteroatoms. The molecule has 3 heterocycles. The fraction of sp³-hybridized carbons (Fsp3) is 0.353. The van der Waals surface area contributed by atoms with E-state index >= 15 is 0 Å². The van der Waals surface area contributed by atoms with Gasteiger partial charge in [-0.05, 0) is 70.0 Å². The lowest BCUT2D eigenvalue weighted by molar-refractivity contribution is -0.659. The number of benzene rings is 3. The molecule has 2 aromatic heterocycles. The number of hydrogen-bond donors (Lipinski definition) is 0. The zero-order valence-corrected chi connectivity index (χ0v) is 24.2. The van der Waals surface area contributed by atoms with Crippen LogP contribution in [0.5, 0.6) is 0 Å². The molecule has 188 valence electrons. The highest BCUT2D eigenvalue weighted by Crippen LogP contribution is 2.53. The molecule has 0 aliphatic carbocycles. The Balaban J connectivity index is 1.72. The molecule has 0 spiro atoms. The second kappa shape index (κ2) is 8.30. The summed E-state index contributed by atoms with van der Waals surface area (Å²) in [6.07, 6.45) is 6.36. The van der Waals surface area contributed by atoms with Crippen LogP contribution < -0.4 is 4.57 Å². The normalized spacial score (nSPS) is 13.5. The average molecular weight is 506 g/mol. The Bertz CT molecular complexity index is 1730. The Labute approximate surface area is 225 Å². The van der Waals surface area contributed by atoms with Gasteiger partial charge in [-0.25, -0.2) is 4.57 Å². The molecule has 3 aromatic carbocycles. The Morgan fingerprint density at radius 1 is 0.838 bits per heavy atom. The second-order valence-corrected chi connectivity index (χ2v) is 14.3. The largest absolute Gasteiger partial charge is 0.261 e. The highest BCUT2D eigenvalue weighted by Gasteiger charge is 2.33. The Kier molecular flexibility index (Phi) is 5.48. The molecule has 0 atom stereocenters. The van der Waals surface area contributed by atoms with Gasteiger partial charge in [-0.15, -0.1) is 0 Å². The predicted octanol–water partition coefficient (Wildman–Crippen LogP) is 8.98. The summed E-state index contributed by atoms with van der Waals surface area (Å²) in [4.78, 5) is 7.66. The number of aromatic nitrogens is 2. The molecule has 0 saturated carbocycles. The van der Waals surface area contributed by atoms with Gasteiger partial charge in [0.25, 0.3) is 0 Å². The van der Waals surface area contributed by atoms with Crippen molar-refractivity contribution in [3.63, 3.8) is 0 Å². The van der Waals surface area contributed by atoms with Gasteiger partial charge in [-0.1, -0.05) is 77.6 Å². The third kappa shape index (κ3) is 4.12. The van der Waals surface area contributed by atoms with E-state index in [2.05, 4.69) is 115 Å². The van der Waals surface area contributed by atoms with Crippen molar-refractivity contribution in [1.29, 1.82) is 0 Å². The van der Waals surface area contributed by atoms with E-state index in [1.165, 1.54) is 70.2 Å². The van der Waals surface area contributed by atoms with Gasteiger partial charge in [-0.2, -0.15) is 0 Å². The van der Waals surface area contributed by atoms with E-state index in [9.17, 15) is 0 Å². The molecule has 1 aliphatic rings. The summed E-state index contributed by atoms with van der Waals surface area (Å²) in [5.74, 6) is 0. The van der Waals surface area contributed by atoms with Crippen molar-refractivity contribution in [1.82, 2.24) is 4.98 Å². The summed E-state index contributed by atoms with van der Waals surface area (Å²) in [6, 6.07) is 16.0. The van der Waals surface area contributed by atoms with E-state index in [0.29, 0.717) is 0 Å². The van der Waals surface area contributed by atoms with Crippen molar-refractivity contribution < 1.29 is 4.57 Å². The first-order valence-electron chi connectivity index (χ1n) is 13.4. The molecule has 1 aliphatic heterocycles. The molecular weight excluding hydrogens is 468 g/mol. The molecule has 37 heavy (non-hydrogen) atoms. The number of aryl methyl sites for hydroxylation is 2. The molecule has 0 N–H and O–H groups in total. The van der Waals surface area contributed by atoms with Gasteiger partial charge in [0, 0.05) is 38.5 Å². The fourth-order valence-electron chi connectivity index (χ4n) is 6.08. The van der Waals surface area contributed by atoms with Gasteiger partial charge < -0.3 is 0 Å². The zero-order valence-electron chi connectivity index (χ0n) is 23.4. The van der Waals surface area contributed by atoms with Crippen LogP contribution in [0.3, 0.4) is 0 Å². The van der Waals surface area contributed by atoms with E-state index in [4.69, 9.17) is 4.98 Å². The smallest absolute Gasteiger partial charge is 0.222 e.